The van der Waals surface area contributed by atoms with Crippen molar-refractivity contribution in [1.29, 1.82) is 0 Å². The van der Waals surface area contributed by atoms with Crippen LogP contribution in [0, 0.1) is 11.8 Å². The van der Waals surface area contributed by atoms with Gasteiger partial charge in [-0.3, -0.25) is 4.79 Å². The molecule has 2 saturated heterocycles. The first-order valence-electron chi connectivity index (χ1n) is 15.1. The van der Waals surface area contributed by atoms with E-state index in [4.69, 9.17) is 28.4 Å². The van der Waals surface area contributed by atoms with Crippen LogP contribution < -0.4 is 4.74 Å². The van der Waals surface area contributed by atoms with Crippen molar-refractivity contribution in [2.24, 2.45) is 11.8 Å². The van der Waals surface area contributed by atoms with Gasteiger partial charge in [-0.25, -0.2) is 4.79 Å². The fourth-order valence-corrected chi connectivity index (χ4v) is 6.17. The van der Waals surface area contributed by atoms with Gasteiger partial charge in [-0.05, 0) is 97.8 Å². The Hall–Kier alpha value is -2.26. The topological polar surface area (TPSA) is 89.5 Å². The van der Waals surface area contributed by atoms with Gasteiger partial charge in [0, 0.05) is 31.6 Å². The fourth-order valence-electron chi connectivity index (χ4n) is 5.52. The van der Waals surface area contributed by atoms with Gasteiger partial charge in [-0.2, -0.15) is 0 Å². The summed E-state index contributed by atoms with van der Waals surface area (Å²) in [7, 11) is 1.28. The highest BCUT2D eigenvalue weighted by Gasteiger charge is 2.63. The summed E-state index contributed by atoms with van der Waals surface area (Å²) >= 11 is 3.58. The highest BCUT2D eigenvalue weighted by molar-refractivity contribution is 9.10. The maximum absolute atomic E-state index is 13.7. The van der Waals surface area contributed by atoms with Gasteiger partial charge in [0.25, 0.3) is 5.79 Å². The minimum atomic E-state index is -2.01. The molecule has 230 valence electrons. The lowest BCUT2D eigenvalue weighted by atomic mass is 9.91. The van der Waals surface area contributed by atoms with Gasteiger partial charge in [0.1, 0.15) is 11.5 Å². The molecule has 8 nitrogen and oxygen atoms in total. The number of Topliss-reactive ketones (excluding diaryl/α,β-unsaturated/α-hetero) is 1. The molecule has 1 aromatic rings. The summed E-state index contributed by atoms with van der Waals surface area (Å²) in [5, 5.41) is 0. The summed E-state index contributed by atoms with van der Waals surface area (Å²) in [4.78, 5) is 26.3. The van der Waals surface area contributed by atoms with E-state index < -0.39 is 28.8 Å². The van der Waals surface area contributed by atoms with E-state index in [0.717, 1.165) is 38.5 Å². The number of ether oxygens (including phenoxy) is 6. The number of esters is 1. The number of carbonyl (C=O) groups is 2. The van der Waals surface area contributed by atoms with Gasteiger partial charge in [0.05, 0.1) is 7.11 Å². The first kappa shape index (κ1) is 32.6. The van der Waals surface area contributed by atoms with Gasteiger partial charge in [-0.1, -0.05) is 37.3 Å². The lowest BCUT2D eigenvalue weighted by Gasteiger charge is -2.45. The van der Waals surface area contributed by atoms with E-state index in [-0.39, 0.29) is 17.6 Å². The zero-order chi connectivity index (χ0) is 29.8. The molecule has 1 aliphatic carbocycles. The summed E-state index contributed by atoms with van der Waals surface area (Å²) in [5.41, 5.74) is 3.19. The van der Waals surface area contributed by atoms with E-state index in [0.29, 0.717) is 44.6 Å². The van der Waals surface area contributed by atoms with Crippen LogP contribution in [0.5, 0.6) is 5.75 Å². The van der Waals surface area contributed by atoms with E-state index in [1.165, 1.54) is 13.2 Å². The molecule has 5 atom stereocenters. The Morgan fingerprint density at radius 2 is 1.71 bits per heavy atom. The van der Waals surface area contributed by atoms with Crippen molar-refractivity contribution in [3.63, 3.8) is 0 Å². The number of ketones is 1. The van der Waals surface area contributed by atoms with Gasteiger partial charge in [0.15, 0.2) is 12.6 Å². The molecule has 0 radical (unpaired) electrons. The molecule has 42 heavy (non-hydrogen) atoms. The standard InChI is InChI=1S/C33H43BrO8/c1-3-4-14-25-20-21-28(35)27(25)17-8-11-22-32(41-29-18-9-12-23-38-29,42-30-19-10-13-24-39-30)33(34,31(36)37-2)40-26-15-6-5-7-16-26/h4-8,14-16,22,25,27,29-30H,3,9-10,12-13,17-21,23-24H2,1-2H3/b14-4+/t11?,25-,27+,29?,30?,32?,33?/m0/s1/i41+0,42+0. The number of hydrogen-bond acceptors (Lipinski definition) is 8. The van der Waals surface area contributed by atoms with Gasteiger partial charge >= 0.3 is 10.5 Å². The molecular weight excluding hydrogens is 604 g/mol. The molecule has 0 bridgehead atoms. The molecule has 2 aliphatic heterocycles. The molecule has 1 saturated carbocycles. The number of para-hydroxylation sites is 1. The van der Waals surface area contributed by atoms with E-state index >= 15 is 0 Å². The van der Waals surface area contributed by atoms with Crippen LogP contribution in [0.4, 0.5) is 0 Å². The predicted octanol–water partition coefficient (Wildman–Crippen LogP) is 6.78. The molecule has 3 unspecified atom stereocenters. The monoisotopic (exact) mass is 646 g/mol. The first-order valence-corrected chi connectivity index (χ1v) is 15.9. The minimum Gasteiger partial charge on any atom is -0.465 e. The normalized spacial score (nSPS) is 27.5. The molecule has 0 spiro atoms. The number of alkyl halides is 1. The Labute approximate surface area is 257 Å². The van der Waals surface area contributed by atoms with Gasteiger partial charge in [-0.15, -0.1) is 5.73 Å². The number of allylic oxidation sites excluding steroid dienone is 2. The highest BCUT2D eigenvalue weighted by Crippen LogP contribution is 2.44. The second kappa shape index (κ2) is 16.0. The van der Waals surface area contributed by atoms with Crippen LogP contribution >= 0.6 is 15.9 Å². The second-order valence-electron chi connectivity index (χ2n) is 10.9. The van der Waals surface area contributed by atoms with Crippen LogP contribution in [0.1, 0.15) is 71.1 Å². The van der Waals surface area contributed by atoms with Crippen LogP contribution in [-0.4, -0.2) is 55.0 Å². The SMILES string of the molecule is CC/C=C/[C@H]1CCC(=O)[C@@H]1CC=C=CC([16O]C1CCCCO1)([16O]C1CCCCO1)C(Br)(Oc1ccccc1)C(=O)OC. The summed E-state index contributed by atoms with van der Waals surface area (Å²) in [6.07, 6.45) is 13.9. The number of rotatable bonds is 13. The number of methoxy groups -OCH3 is 1. The van der Waals surface area contributed by atoms with E-state index in [9.17, 15) is 9.59 Å². The largest absolute Gasteiger partial charge is 0.465 e. The van der Waals surface area contributed by atoms with Crippen molar-refractivity contribution in [3.8, 4) is 5.75 Å². The van der Waals surface area contributed by atoms with Crippen LogP contribution in [-0.2, 0) is 33.3 Å². The van der Waals surface area contributed by atoms with Crippen LogP contribution in [0.3, 0.4) is 0 Å². The Morgan fingerprint density at radius 3 is 2.29 bits per heavy atom. The quantitative estimate of drug-likeness (QED) is 0.0762. The molecule has 0 amide bonds. The second-order valence-corrected chi connectivity index (χ2v) is 12.0. The summed E-state index contributed by atoms with van der Waals surface area (Å²) in [5.74, 6) is -1.97. The van der Waals surface area contributed by atoms with Crippen molar-refractivity contribution in [2.75, 3.05) is 20.3 Å². The minimum absolute atomic E-state index is 0.122. The maximum atomic E-state index is 13.7. The molecule has 3 fully saturated rings. The Bertz CT molecular complexity index is 1080. The van der Waals surface area contributed by atoms with Crippen molar-refractivity contribution >= 4 is 27.7 Å². The summed E-state index contributed by atoms with van der Waals surface area (Å²) < 4.78 is 34.7. The molecule has 0 aromatic heterocycles. The molecule has 2 heterocycles. The fraction of sp³-hybridized carbons (Fsp3) is 0.606. The van der Waals surface area contributed by atoms with E-state index in [1.807, 2.05) is 6.07 Å². The van der Waals surface area contributed by atoms with Gasteiger partial charge < -0.3 is 28.4 Å². The smallest absolute Gasteiger partial charge is 0.367 e. The molecule has 9 heteroatoms. The number of benzene rings is 1. The molecule has 0 N–H and O–H groups in total. The number of halogens is 1. The van der Waals surface area contributed by atoms with Crippen LogP contribution in [0.15, 0.2) is 60.4 Å². The van der Waals surface area contributed by atoms with E-state index in [1.54, 1.807) is 30.3 Å². The predicted molar refractivity (Wildman–Crippen MR) is 161 cm³/mol. The average Bonchev–Trinajstić information content (AvgIpc) is 3.37. The van der Waals surface area contributed by atoms with Gasteiger partial charge in [0.2, 0.25) is 0 Å². The Kier molecular flexibility index (Phi) is 12.4. The Balaban J connectivity index is 1.76. The summed E-state index contributed by atoms with van der Waals surface area (Å²) in [6, 6.07) is 8.91. The molecule has 4 rings (SSSR count). The zero-order valence-electron chi connectivity index (χ0n) is 24.6. The third-order valence-electron chi connectivity index (χ3n) is 7.82. The molecule has 1 aromatic carbocycles. The van der Waals surface area contributed by atoms with Crippen LogP contribution in [0.25, 0.3) is 0 Å². The maximum Gasteiger partial charge on any atom is 0.367 e. The van der Waals surface area contributed by atoms with Crippen molar-refractivity contribution in [1.82, 2.24) is 0 Å². The number of carbonyl (C=O) groups excluding carboxylic acids is 2. The van der Waals surface area contributed by atoms with Crippen molar-refractivity contribution in [3.05, 3.63) is 60.4 Å². The lowest BCUT2D eigenvalue weighted by Crippen LogP contribution is -2.63. The van der Waals surface area contributed by atoms with Crippen LogP contribution in [0.2, 0.25) is 0 Å². The third-order valence-corrected chi connectivity index (χ3v) is 8.86. The van der Waals surface area contributed by atoms with Crippen molar-refractivity contribution < 1.29 is 38.0 Å². The summed E-state index contributed by atoms with van der Waals surface area (Å²) in [6.45, 7) is 3.12. The highest BCUT2D eigenvalue weighted by atomic mass is 79.9. The molecular formula is C33H43BrO8. The molecule has 3 aliphatic rings. The number of hydrogen-bond donors (Lipinski definition) is 0. The zero-order valence-corrected chi connectivity index (χ0v) is 26.2. The first-order chi connectivity index (χ1) is 20.4. The third kappa shape index (κ3) is 8.22. The average molecular weight is 648 g/mol. The Morgan fingerprint density at radius 1 is 1.05 bits per heavy atom. The van der Waals surface area contributed by atoms with E-state index in [2.05, 4.69) is 40.7 Å². The lowest BCUT2D eigenvalue weighted by molar-refractivity contribution is -0.363. The van der Waals surface area contributed by atoms with Crippen molar-refractivity contribution in [2.45, 2.75) is 94.0 Å².